The molecule has 1 aromatic carbocycles. The number of nitrogens with zero attached hydrogens (tertiary/aromatic N) is 1. The summed E-state index contributed by atoms with van der Waals surface area (Å²) in [7, 11) is 0. The molecule has 1 aliphatic heterocycles. The maximum absolute atomic E-state index is 12.4. The Morgan fingerprint density at radius 3 is 2.70 bits per heavy atom. The largest absolute Gasteiger partial charge is 0.456 e. The summed E-state index contributed by atoms with van der Waals surface area (Å²) in [5.74, 6) is -0.867. The molecule has 0 radical (unpaired) electrons. The van der Waals surface area contributed by atoms with Crippen LogP contribution in [0.5, 0.6) is 0 Å². The van der Waals surface area contributed by atoms with Gasteiger partial charge in [-0.25, -0.2) is 9.59 Å². The van der Waals surface area contributed by atoms with Crippen molar-refractivity contribution in [1.29, 1.82) is 0 Å². The van der Waals surface area contributed by atoms with Crippen LogP contribution in [-0.2, 0) is 14.3 Å². The normalized spacial score (nSPS) is 17.1. The van der Waals surface area contributed by atoms with Crippen LogP contribution in [0, 0.1) is 0 Å². The number of para-hydroxylation sites is 1. The van der Waals surface area contributed by atoms with Gasteiger partial charge in [0.2, 0.25) is 5.78 Å². The van der Waals surface area contributed by atoms with Gasteiger partial charge in [-0.05, 0) is 39.7 Å². The monoisotopic (exact) mass is 372 g/mol. The summed E-state index contributed by atoms with van der Waals surface area (Å²) in [4.78, 5) is 41.5. The Morgan fingerprint density at radius 1 is 1.22 bits per heavy atom. The zero-order chi connectivity index (χ0) is 19.6. The lowest BCUT2D eigenvalue weighted by Crippen LogP contribution is -2.44. The number of rotatable bonds is 4. The minimum absolute atomic E-state index is 0.289. The molecule has 2 heterocycles. The van der Waals surface area contributed by atoms with Crippen LogP contribution in [0.2, 0.25) is 0 Å². The Morgan fingerprint density at radius 2 is 1.96 bits per heavy atom. The summed E-state index contributed by atoms with van der Waals surface area (Å²) in [5, 5.41) is 0.787. The second-order valence-corrected chi connectivity index (χ2v) is 7.61. The lowest BCUT2D eigenvalue weighted by molar-refractivity contribution is -0.147. The number of carbonyl (C=O) groups excluding carboxylic acids is 3. The molecule has 0 bridgehead atoms. The standard InChI is InChI=1S/C20H24N2O5/c1-20(2,3)27-19(25)22-10-6-9-16(22)18(24)26-12-17(23)14-11-21-15-8-5-4-7-13(14)15/h4-5,7-8,11,16,21H,6,9-10,12H2,1-3H3/t16-/m0/s1. The summed E-state index contributed by atoms with van der Waals surface area (Å²) in [5.41, 5.74) is 0.687. The molecule has 0 unspecified atom stereocenters. The van der Waals surface area contributed by atoms with Crippen molar-refractivity contribution < 1.29 is 23.9 Å². The molecule has 1 atom stereocenters. The molecule has 27 heavy (non-hydrogen) atoms. The van der Waals surface area contributed by atoms with E-state index in [2.05, 4.69) is 4.98 Å². The van der Waals surface area contributed by atoms with E-state index in [0.29, 0.717) is 24.9 Å². The van der Waals surface area contributed by atoms with Crippen LogP contribution in [0.4, 0.5) is 4.79 Å². The maximum atomic E-state index is 12.4. The highest BCUT2D eigenvalue weighted by molar-refractivity contribution is 6.08. The van der Waals surface area contributed by atoms with E-state index in [1.807, 2.05) is 24.3 Å². The highest BCUT2D eigenvalue weighted by Gasteiger charge is 2.37. The molecule has 7 heteroatoms. The number of amides is 1. The molecule has 1 aromatic heterocycles. The van der Waals surface area contributed by atoms with Crippen LogP contribution >= 0.6 is 0 Å². The first-order valence-electron chi connectivity index (χ1n) is 9.02. The molecule has 7 nitrogen and oxygen atoms in total. The zero-order valence-corrected chi connectivity index (χ0v) is 15.8. The summed E-state index contributed by atoms with van der Waals surface area (Å²) in [6, 6.07) is 6.71. The third-order valence-corrected chi connectivity index (χ3v) is 4.39. The lowest BCUT2D eigenvalue weighted by atomic mass is 10.1. The number of hydrogen-bond donors (Lipinski definition) is 1. The highest BCUT2D eigenvalue weighted by Crippen LogP contribution is 2.22. The van der Waals surface area contributed by atoms with Crippen LogP contribution in [-0.4, -0.2) is 52.5 Å². The number of nitrogens with one attached hydrogen (secondary N) is 1. The summed E-state index contributed by atoms with van der Waals surface area (Å²) < 4.78 is 10.6. The predicted molar refractivity (Wildman–Crippen MR) is 99.6 cm³/mol. The summed E-state index contributed by atoms with van der Waals surface area (Å²) in [6.45, 7) is 5.39. The van der Waals surface area contributed by atoms with E-state index in [-0.39, 0.29) is 12.4 Å². The minimum atomic E-state index is -0.712. The van der Waals surface area contributed by atoms with E-state index in [9.17, 15) is 14.4 Å². The fraction of sp³-hybridized carbons (Fsp3) is 0.450. The first-order chi connectivity index (χ1) is 12.8. The van der Waals surface area contributed by atoms with Gasteiger partial charge in [-0.15, -0.1) is 0 Å². The number of aromatic amines is 1. The van der Waals surface area contributed by atoms with Crippen molar-refractivity contribution in [3.05, 3.63) is 36.0 Å². The highest BCUT2D eigenvalue weighted by atomic mass is 16.6. The molecule has 1 amide bonds. The quantitative estimate of drug-likeness (QED) is 0.657. The van der Waals surface area contributed by atoms with Crippen molar-refractivity contribution in [3.8, 4) is 0 Å². The molecule has 1 N–H and O–H groups in total. The van der Waals surface area contributed by atoms with Crippen molar-refractivity contribution in [2.75, 3.05) is 13.2 Å². The molecule has 0 saturated carbocycles. The topological polar surface area (TPSA) is 88.7 Å². The van der Waals surface area contributed by atoms with Crippen LogP contribution in [0.3, 0.4) is 0 Å². The van der Waals surface area contributed by atoms with E-state index in [1.165, 1.54) is 4.90 Å². The molecule has 0 aliphatic carbocycles. The minimum Gasteiger partial charge on any atom is -0.456 e. The molecule has 144 valence electrons. The second-order valence-electron chi connectivity index (χ2n) is 7.61. The van der Waals surface area contributed by atoms with E-state index in [4.69, 9.17) is 9.47 Å². The van der Waals surface area contributed by atoms with E-state index in [1.54, 1.807) is 27.0 Å². The van der Waals surface area contributed by atoms with E-state index >= 15 is 0 Å². The van der Waals surface area contributed by atoms with Crippen LogP contribution in [0.15, 0.2) is 30.5 Å². The number of hydrogen-bond acceptors (Lipinski definition) is 5. The van der Waals surface area contributed by atoms with Gasteiger partial charge in [-0.3, -0.25) is 9.69 Å². The van der Waals surface area contributed by atoms with Gasteiger partial charge in [0.1, 0.15) is 11.6 Å². The number of esters is 1. The van der Waals surface area contributed by atoms with Crippen LogP contribution < -0.4 is 0 Å². The van der Waals surface area contributed by atoms with Crippen molar-refractivity contribution >= 4 is 28.7 Å². The SMILES string of the molecule is CC(C)(C)OC(=O)N1CCC[C@H]1C(=O)OCC(=O)c1c[nH]c2ccccc12. The van der Waals surface area contributed by atoms with Gasteiger partial charge in [0, 0.05) is 29.2 Å². The Labute approximate surface area is 157 Å². The number of carbonyl (C=O) groups is 3. The molecule has 1 aliphatic rings. The van der Waals surface area contributed by atoms with Gasteiger partial charge in [-0.2, -0.15) is 0 Å². The second kappa shape index (κ2) is 7.42. The average molecular weight is 372 g/mol. The Balaban J connectivity index is 1.61. The number of ketones is 1. The fourth-order valence-corrected chi connectivity index (χ4v) is 3.16. The van der Waals surface area contributed by atoms with Gasteiger partial charge in [-0.1, -0.05) is 18.2 Å². The Bertz CT molecular complexity index is 865. The van der Waals surface area contributed by atoms with Crippen molar-refractivity contribution in [2.45, 2.75) is 45.3 Å². The molecule has 1 fully saturated rings. The number of H-pyrrole nitrogens is 1. The molecule has 3 rings (SSSR count). The third kappa shape index (κ3) is 4.30. The zero-order valence-electron chi connectivity index (χ0n) is 15.8. The van der Waals surface area contributed by atoms with E-state index < -0.39 is 23.7 Å². The van der Waals surface area contributed by atoms with Crippen molar-refractivity contribution in [2.24, 2.45) is 0 Å². The lowest BCUT2D eigenvalue weighted by Gasteiger charge is -2.27. The number of Topliss-reactive ketones (excluding diaryl/α,β-unsaturated/α-hetero) is 1. The van der Waals surface area contributed by atoms with Gasteiger partial charge < -0.3 is 14.5 Å². The maximum Gasteiger partial charge on any atom is 0.411 e. The molecule has 2 aromatic rings. The fourth-order valence-electron chi connectivity index (χ4n) is 3.16. The summed E-state index contributed by atoms with van der Waals surface area (Å²) >= 11 is 0. The Hall–Kier alpha value is -2.83. The van der Waals surface area contributed by atoms with Gasteiger partial charge in [0.05, 0.1) is 0 Å². The number of fused-ring (bicyclic) bond motifs is 1. The van der Waals surface area contributed by atoms with Crippen LogP contribution in [0.1, 0.15) is 44.0 Å². The number of benzene rings is 1. The molecule has 1 saturated heterocycles. The number of ether oxygens (including phenoxy) is 2. The molecular weight excluding hydrogens is 348 g/mol. The van der Waals surface area contributed by atoms with E-state index in [0.717, 1.165) is 10.9 Å². The first-order valence-corrected chi connectivity index (χ1v) is 9.02. The smallest absolute Gasteiger partial charge is 0.411 e. The van der Waals surface area contributed by atoms with Gasteiger partial charge in [0.15, 0.2) is 6.61 Å². The van der Waals surface area contributed by atoms with Crippen molar-refractivity contribution in [1.82, 2.24) is 9.88 Å². The number of aromatic nitrogens is 1. The third-order valence-electron chi connectivity index (χ3n) is 4.39. The Kier molecular flexibility index (Phi) is 5.21. The van der Waals surface area contributed by atoms with Crippen molar-refractivity contribution in [3.63, 3.8) is 0 Å². The average Bonchev–Trinajstić information content (AvgIpc) is 3.24. The number of likely N-dealkylation sites (tertiary alicyclic amines) is 1. The predicted octanol–water partition coefficient (Wildman–Crippen LogP) is 3.29. The molecular formula is C20H24N2O5. The first kappa shape index (κ1) is 18.9. The van der Waals surface area contributed by atoms with Crippen LogP contribution in [0.25, 0.3) is 10.9 Å². The van der Waals surface area contributed by atoms with Gasteiger partial charge in [0.25, 0.3) is 0 Å². The molecule has 0 spiro atoms. The van der Waals surface area contributed by atoms with Gasteiger partial charge >= 0.3 is 12.1 Å². The summed E-state index contributed by atoms with van der Waals surface area (Å²) in [6.07, 6.45) is 2.27.